The van der Waals surface area contributed by atoms with E-state index < -0.39 is 0 Å². The van der Waals surface area contributed by atoms with Crippen LogP contribution in [0.3, 0.4) is 0 Å². The molecule has 2 amide bonds. The highest BCUT2D eigenvalue weighted by Crippen LogP contribution is 2.31. The number of fused-ring (bicyclic) bond motifs is 1. The molecule has 2 aliphatic heterocycles. The van der Waals surface area contributed by atoms with Gasteiger partial charge in [-0.1, -0.05) is 35.9 Å². The molecule has 0 unspecified atom stereocenters. The number of hydrogen-bond acceptors (Lipinski definition) is 3. The summed E-state index contributed by atoms with van der Waals surface area (Å²) in [6, 6.07) is 16.2. The third kappa shape index (κ3) is 5.04. The molecule has 2 aromatic rings. The van der Waals surface area contributed by atoms with Gasteiger partial charge in [0.1, 0.15) is 0 Å². The first-order chi connectivity index (χ1) is 15.0. The lowest BCUT2D eigenvalue weighted by Gasteiger charge is -2.36. The minimum absolute atomic E-state index is 0.123. The fourth-order valence-electron chi connectivity index (χ4n) is 4.62. The monoisotopic (exact) mass is 439 g/mol. The Kier molecular flexibility index (Phi) is 6.81. The first kappa shape index (κ1) is 21.7. The molecule has 4 rings (SSSR count). The molecule has 2 aliphatic rings. The predicted molar refractivity (Wildman–Crippen MR) is 126 cm³/mol. The number of amides is 2. The van der Waals surface area contributed by atoms with Crippen molar-refractivity contribution in [2.75, 3.05) is 36.0 Å². The Labute approximate surface area is 189 Å². The van der Waals surface area contributed by atoms with Crippen LogP contribution < -0.4 is 9.80 Å². The molecule has 0 radical (unpaired) electrons. The second-order valence-corrected chi connectivity index (χ2v) is 8.92. The molecule has 6 heteroatoms. The van der Waals surface area contributed by atoms with Crippen molar-refractivity contribution in [3.05, 3.63) is 59.1 Å². The lowest BCUT2D eigenvalue weighted by molar-refractivity contribution is -0.131. The van der Waals surface area contributed by atoms with Gasteiger partial charge in [0.25, 0.3) is 0 Å². The molecule has 1 atom stereocenters. The Morgan fingerprint density at radius 2 is 1.71 bits per heavy atom. The number of rotatable bonds is 5. The summed E-state index contributed by atoms with van der Waals surface area (Å²) in [6.07, 6.45) is 3.43. The molecule has 0 bridgehead atoms. The average Bonchev–Trinajstić information content (AvgIpc) is 2.79. The maximum Gasteiger partial charge on any atom is 0.227 e. The topological polar surface area (TPSA) is 43.9 Å². The molecule has 0 saturated carbocycles. The second-order valence-electron chi connectivity index (χ2n) is 8.48. The zero-order valence-electron chi connectivity index (χ0n) is 18.1. The number of carbonyl (C=O) groups excluding carboxylic acids is 2. The van der Waals surface area contributed by atoms with Crippen molar-refractivity contribution < 1.29 is 9.59 Å². The van der Waals surface area contributed by atoms with Crippen LogP contribution >= 0.6 is 11.6 Å². The van der Waals surface area contributed by atoms with Crippen LogP contribution in [0.15, 0.2) is 48.5 Å². The van der Waals surface area contributed by atoms with Crippen LogP contribution in [0.25, 0.3) is 0 Å². The summed E-state index contributed by atoms with van der Waals surface area (Å²) in [5, 5.41) is 0.728. The SMILES string of the molecule is C[C@@H]1CCc2ccccc2N1C(=O)CCCC(=O)N1CCN(c2cccc(Cl)c2)CC1. The van der Waals surface area contributed by atoms with Crippen molar-refractivity contribution in [1.82, 2.24) is 4.90 Å². The minimum atomic E-state index is 0.123. The van der Waals surface area contributed by atoms with Crippen LogP contribution in [-0.4, -0.2) is 48.9 Å². The fourth-order valence-corrected chi connectivity index (χ4v) is 4.81. The highest BCUT2D eigenvalue weighted by Gasteiger charge is 2.28. The van der Waals surface area contributed by atoms with Gasteiger partial charge in [0, 0.05) is 61.5 Å². The molecule has 0 N–H and O–H groups in total. The van der Waals surface area contributed by atoms with E-state index in [0.29, 0.717) is 32.4 Å². The van der Waals surface area contributed by atoms with E-state index in [1.54, 1.807) is 0 Å². The lowest BCUT2D eigenvalue weighted by Crippen LogP contribution is -2.48. The number of benzene rings is 2. The van der Waals surface area contributed by atoms with Crippen LogP contribution in [0.5, 0.6) is 0 Å². The van der Waals surface area contributed by atoms with E-state index >= 15 is 0 Å². The van der Waals surface area contributed by atoms with E-state index in [-0.39, 0.29) is 17.9 Å². The normalized spacial score (nSPS) is 18.6. The Bertz CT molecular complexity index is 940. The summed E-state index contributed by atoms with van der Waals surface area (Å²) in [4.78, 5) is 31.7. The highest BCUT2D eigenvalue weighted by molar-refractivity contribution is 6.30. The second kappa shape index (κ2) is 9.73. The maximum absolute atomic E-state index is 12.9. The number of carbonyl (C=O) groups is 2. The predicted octanol–water partition coefficient (Wildman–Crippen LogP) is 4.53. The van der Waals surface area contributed by atoms with Crippen molar-refractivity contribution in [1.29, 1.82) is 0 Å². The van der Waals surface area contributed by atoms with E-state index in [1.807, 2.05) is 46.2 Å². The molecular weight excluding hydrogens is 410 g/mol. The van der Waals surface area contributed by atoms with Gasteiger partial charge in [-0.25, -0.2) is 0 Å². The highest BCUT2D eigenvalue weighted by atomic mass is 35.5. The summed E-state index contributed by atoms with van der Waals surface area (Å²) >= 11 is 6.10. The van der Waals surface area contributed by atoms with E-state index in [2.05, 4.69) is 24.0 Å². The number of halogens is 1. The summed E-state index contributed by atoms with van der Waals surface area (Å²) in [6.45, 7) is 5.12. The summed E-state index contributed by atoms with van der Waals surface area (Å²) in [7, 11) is 0. The van der Waals surface area contributed by atoms with E-state index in [9.17, 15) is 9.59 Å². The standard InChI is InChI=1S/C25H30ClN3O2/c1-19-12-13-20-6-2-3-9-23(20)29(19)25(31)11-5-10-24(30)28-16-14-27(15-17-28)22-8-4-7-21(26)18-22/h2-4,6-9,18-19H,5,10-17H2,1H3/t19-/m1/s1. The first-order valence-electron chi connectivity index (χ1n) is 11.2. The van der Waals surface area contributed by atoms with Crippen molar-refractivity contribution in [2.24, 2.45) is 0 Å². The van der Waals surface area contributed by atoms with Crippen molar-refractivity contribution in [2.45, 2.75) is 45.1 Å². The van der Waals surface area contributed by atoms with Gasteiger partial charge in [-0.2, -0.15) is 0 Å². The van der Waals surface area contributed by atoms with Crippen molar-refractivity contribution in [3.63, 3.8) is 0 Å². The number of piperazine rings is 1. The summed E-state index contributed by atoms with van der Waals surface area (Å²) < 4.78 is 0. The van der Waals surface area contributed by atoms with Gasteiger partial charge in [-0.3, -0.25) is 9.59 Å². The molecule has 0 aromatic heterocycles. The van der Waals surface area contributed by atoms with Gasteiger partial charge >= 0.3 is 0 Å². The van der Waals surface area contributed by atoms with Crippen molar-refractivity contribution >= 4 is 34.8 Å². The van der Waals surface area contributed by atoms with Crippen LogP contribution in [0.2, 0.25) is 5.02 Å². The van der Waals surface area contributed by atoms with Gasteiger partial charge in [0.15, 0.2) is 0 Å². The lowest BCUT2D eigenvalue weighted by atomic mass is 9.96. The zero-order valence-corrected chi connectivity index (χ0v) is 18.9. The Morgan fingerprint density at radius 1 is 0.968 bits per heavy atom. The molecule has 5 nitrogen and oxygen atoms in total. The smallest absolute Gasteiger partial charge is 0.227 e. The molecule has 1 fully saturated rings. The van der Waals surface area contributed by atoms with Crippen molar-refractivity contribution in [3.8, 4) is 0 Å². The largest absolute Gasteiger partial charge is 0.368 e. The van der Waals surface area contributed by atoms with Gasteiger partial charge in [-0.05, 0) is 56.0 Å². The third-order valence-electron chi connectivity index (χ3n) is 6.38. The molecule has 0 aliphatic carbocycles. The van der Waals surface area contributed by atoms with Gasteiger partial charge in [0.05, 0.1) is 0 Å². The first-order valence-corrected chi connectivity index (χ1v) is 11.6. The molecule has 1 saturated heterocycles. The van der Waals surface area contributed by atoms with Gasteiger partial charge < -0.3 is 14.7 Å². The Balaban J connectivity index is 1.25. The van der Waals surface area contributed by atoms with Crippen LogP contribution in [0.4, 0.5) is 11.4 Å². The maximum atomic E-state index is 12.9. The molecule has 164 valence electrons. The summed E-state index contributed by atoms with van der Waals surface area (Å²) in [5.74, 6) is 0.267. The zero-order chi connectivity index (χ0) is 21.8. The number of anilines is 2. The van der Waals surface area contributed by atoms with Gasteiger partial charge in [0.2, 0.25) is 11.8 Å². The molecule has 2 aromatic carbocycles. The fraction of sp³-hybridized carbons (Fsp3) is 0.440. The summed E-state index contributed by atoms with van der Waals surface area (Å²) in [5.41, 5.74) is 3.37. The number of hydrogen-bond donors (Lipinski definition) is 0. The van der Waals surface area contributed by atoms with E-state index in [4.69, 9.17) is 11.6 Å². The number of nitrogens with zero attached hydrogens (tertiary/aromatic N) is 3. The van der Waals surface area contributed by atoms with E-state index in [1.165, 1.54) is 5.56 Å². The van der Waals surface area contributed by atoms with E-state index in [0.717, 1.165) is 42.3 Å². The number of para-hydroxylation sites is 1. The molecule has 2 heterocycles. The van der Waals surface area contributed by atoms with Crippen LogP contribution in [-0.2, 0) is 16.0 Å². The average molecular weight is 440 g/mol. The number of aryl methyl sites for hydroxylation is 1. The van der Waals surface area contributed by atoms with Crippen LogP contribution in [0, 0.1) is 0 Å². The molecule has 0 spiro atoms. The molecular formula is C25H30ClN3O2. The third-order valence-corrected chi connectivity index (χ3v) is 6.61. The Hall–Kier alpha value is -2.53. The molecule has 31 heavy (non-hydrogen) atoms. The Morgan fingerprint density at radius 3 is 2.48 bits per heavy atom. The van der Waals surface area contributed by atoms with Gasteiger partial charge in [-0.15, -0.1) is 0 Å². The minimum Gasteiger partial charge on any atom is -0.368 e. The quantitative estimate of drug-likeness (QED) is 0.687. The van der Waals surface area contributed by atoms with Crippen LogP contribution in [0.1, 0.15) is 38.2 Å².